The molecule has 0 saturated carbocycles. The molecule has 0 fully saturated rings. The average Bonchev–Trinajstić information content (AvgIpc) is 2.60. The molecule has 0 amide bonds. The van der Waals surface area contributed by atoms with Crippen LogP contribution in [0.4, 0.5) is 5.69 Å². The molecule has 2 aromatic rings. The fourth-order valence-corrected chi connectivity index (χ4v) is 1.32. The highest BCUT2D eigenvalue weighted by Gasteiger charge is 2.05. The molecule has 2 rings (SSSR count). The van der Waals surface area contributed by atoms with Crippen molar-refractivity contribution in [3.05, 3.63) is 35.8 Å². The molecule has 0 atom stereocenters. The zero-order valence-electron chi connectivity index (χ0n) is 8.51. The van der Waals surface area contributed by atoms with Crippen LogP contribution in [0, 0.1) is 6.92 Å². The van der Waals surface area contributed by atoms with Crippen LogP contribution in [0.25, 0.3) is 5.82 Å². The minimum absolute atomic E-state index is 0.494. The number of pyridine rings is 1. The van der Waals surface area contributed by atoms with Gasteiger partial charge in [-0.3, -0.25) is 0 Å². The Kier molecular flexibility index (Phi) is 2.39. The van der Waals surface area contributed by atoms with Crippen LogP contribution < -0.4 is 11.5 Å². The number of nitrogen functional groups attached to an aromatic ring is 1. The Morgan fingerprint density at radius 3 is 2.60 bits per heavy atom. The lowest BCUT2D eigenvalue weighted by atomic mass is 10.3. The highest BCUT2D eigenvalue weighted by molar-refractivity contribution is 5.43. The van der Waals surface area contributed by atoms with Gasteiger partial charge in [-0.15, -0.1) is 0 Å². The summed E-state index contributed by atoms with van der Waals surface area (Å²) in [7, 11) is 0. The van der Waals surface area contributed by atoms with Crippen molar-refractivity contribution in [1.29, 1.82) is 0 Å². The Labute approximate surface area is 87.7 Å². The largest absolute Gasteiger partial charge is 0.396 e. The molecule has 2 heterocycles. The predicted molar refractivity (Wildman–Crippen MR) is 58.4 cm³/mol. The quantitative estimate of drug-likeness (QED) is 0.749. The maximum Gasteiger partial charge on any atom is 0.153 e. The van der Waals surface area contributed by atoms with Crippen molar-refractivity contribution in [2.24, 2.45) is 5.73 Å². The first-order valence-corrected chi connectivity index (χ1v) is 4.68. The minimum atomic E-state index is 0.494. The van der Waals surface area contributed by atoms with Gasteiger partial charge in [0.25, 0.3) is 0 Å². The number of nitrogens with two attached hydrogens (primary N) is 2. The molecule has 0 saturated heterocycles. The molecule has 0 aliphatic carbocycles. The summed E-state index contributed by atoms with van der Waals surface area (Å²) in [6.07, 6.45) is 3.36. The Hall–Kier alpha value is -1.88. The molecule has 15 heavy (non-hydrogen) atoms. The summed E-state index contributed by atoms with van der Waals surface area (Å²) in [5, 5.41) is 4.14. The second-order valence-corrected chi connectivity index (χ2v) is 3.33. The molecule has 5 nitrogen and oxygen atoms in total. The van der Waals surface area contributed by atoms with Crippen LogP contribution in [0.15, 0.2) is 24.5 Å². The van der Waals surface area contributed by atoms with Crippen LogP contribution in [0.3, 0.4) is 0 Å². The van der Waals surface area contributed by atoms with Crippen molar-refractivity contribution in [2.45, 2.75) is 13.5 Å². The summed E-state index contributed by atoms with van der Waals surface area (Å²) >= 11 is 0. The lowest BCUT2D eigenvalue weighted by molar-refractivity contribution is 0.814. The Bertz CT molecular complexity index is 457. The second kappa shape index (κ2) is 3.70. The van der Waals surface area contributed by atoms with Gasteiger partial charge < -0.3 is 11.5 Å². The van der Waals surface area contributed by atoms with E-state index in [2.05, 4.69) is 10.1 Å². The molecule has 0 bridgehead atoms. The zero-order chi connectivity index (χ0) is 10.8. The summed E-state index contributed by atoms with van der Waals surface area (Å²) in [5.41, 5.74) is 13.7. The summed E-state index contributed by atoms with van der Waals surface area (Å²) in [6, 6.07) is 3.81. The van der Waals surface area contributed by atoms with Crippen molar-refractivity contribution in [1.82, 2.24) is 14.8 Å². The van der Waals surface area contributed by atoms with Gasteiger partial charge in [-0.25, -0.2) is 9.67 Å². The van der Waals surface area contributed by atoms with Crippen molar-refractivity contribution < 1.29 is 0 Å². The molecule has 0 aliphatic heterocycles. The van der Waals surface area contributed by atoms with Crippen LogP contribution in [0.1, 0.15) is 11.3 Å². The molecule has 0 aliphatic rings. The van der Waals surface area contributed by atoms with Gasteiger partial charge in [0.05, 0.1) is 17.6 Å². The molecule has 0 unspecified atom stereocenters. The molecule has 0 spiro atoms. The van der Waals surface area contributed by atoms with Gasteiger partial charge in [-0.2, -0.15) is 5.10 Å². The van der Waals surface area contributed by atoms with Crippen LogP contribution in [-0.2, 0) is 6.54 Å². The number of hydrogen-bond donors (Lipinski definition) is 2. The van der Waals surface area contributed by atoms with Gasteiger partial charge in [0.15, 0.2) is 5.82 Å². The van der Waals surface area contributed by atoms with Gasteiger partial charge in [-0.1, -0.05) is 6.07 Å². The molecular formula is C10H13N5. The fraction of sp³-hybridized carbons (Fsp3) is 0.200. The summed E-state index contributed by atoms with van der Waals surface area (Å²) in [6.45, 7) is 2.40. The van der Waals surface area contributed by atoms with E-state index in [0.717, 1.165) is 17.1 Å². The van der Waals surface area contributed by atoms with E-state index < -0.39 is 0 Å². The Morgan fingerprint density at radius 2 is 2.13 bits per heavy atom. The first-order valence-electron chi connectivity index (χ1n) is 4.68. The summed E-state index contributed by atoms with van der Waals surface area (Å²) in [5.74, 6) is 0.751. The van der Waals surface area contributed by atoms with Gasteiger partial charge in [0.1, 0.15) is 0 Å². The summed E-state index contributed by atoms with van der Waals surface area (Å²) in [4.78, 5) is 4.26. The fourth-order valence-electron chi connectivity index (χ4n) is 1.32. The highest BCUT2D eigenvalue weighted by Crippen LogP contribution is 2.13. The third-order valence-corrected chi connectivity index (χ3v) is 2.31. The monoisotopic (exact) mass is 203 g/mol. The number of anilines is 1. The highest BCUT2D eigenvalue weighted by atomic mass is 15.3. The SMILES string of the molecule is Cc1c(N)cnn1-c1ccc(CN)cn1. The molecule has 4 N–H and O–H groups in total. The van der Waals surface area contributed by atoms with Gasteiger partial charge >= 0.3 is 0 Å². The molecule has 0 aromatic carbocycles. The van der Waals surface area contributed by atoms with Crippen LogP contribution in [0.2, 0.25) is 0 Å². The smallest absolute Gasteiger partial charge is 0.153 e. The number of nitrogens with zero attached hydrogens (tertiary/aromatic N) is 3. The van der Waals surface area contributed by atoms with E-state index in [9.17, 15) is 0 Å². The first kappa shape index (κ1) is 9.67. The second-order valence-electron chi connectivity index (χ2n) is 3.33. The molecular weight excluding hydrogens is 190 g/mol. The lowest BCUT2D eigenvalue weighted by Crippen LogP contribution is -2.04. The molecule has 78 valence electrons. The standard InChI is InChI=1S/C10H13N5/c1-7-9(12)6-14-15(7)10-3-2-8(4-11)5-13-10/h2-3,5-6H,4,11-12H2,1H3. The van der Waals surface area contributed by atoms with E-state index in [1.54, 1.807) is 17.1 Å². The third kappa shape index (κ3) is 1.69. The van der Waals surface area contributed by atoms with E-state index in [1.165, 1.54) is 0 Å². The maximum atomic E-state index is 5.70. The van der Waals surface area contributed by atoms with Crippen LogP contribution in [-0.4, -0.2) is 14.8 Å². The Balaban J connectivity index is 2.41. The lowest BCUT2D eigenvalue weighted by Gasteiger charge is -2.04. The predicted octanol–water partition coefficient (Wildman–Crippen LogP) is 0.617. The topological polar surface area (TPSA) is 82.8 Å². The van der Waals surface area contributed by atoms with Crippen molar-refractivity contribution >= 4 is 5.69 Å². The molecule has 2 aromatic heterocycles. The zero-order valence-corrected chi connectivity index (χ0v) is 8.51. The first-order chi connectivity index (χ1) is 7.22. The van der Waals surface area contributed by atoms with Gasteiger partial charge in [-0.05, 0) is 18.6 Å². The molecule has 5 heteroatoms. The number of hydrogen-bond acceptors (Lipinski definition) is 4. The van der Waals surface area contributed by atoms with Gasteiger partial charge in [0.2, 0.25) is 0 Å². The molecule has 0 radical (unpaired) electrons. The number of aromatic nitrogens is 3. The summed E-state index contributed by atoms with van der Waals surface area (Å²) < 4.78 is 1.70. The van der Waals surface area contributed by atoms with Crippen LogP contribution in [0.5, 0.6) is 0 Å². The van der Waals surface area contributed by atoms with Gasteiger partial charge in [0, 0.05) is 12.7 Å². The van der Waals surface area contributed by atoms with E-state index in [0.29, 0.717) is 12.2 Å². The normalized spacial score (nSPS) is 10.5. The van der Waals surface area contributed by atoms with E-state index in [1.807, 2.05) is 19.1 Å². The minimum Gasteiger partial charge on any atom is -0.396 e. The maximum absolute atomic E-state index is 5.70. The van der Waals surface area contributed by atoms with E-state index in [-0.39, 0.29) is 0 Å². The van der Waals surface area contributed by atoms with Crippen molar-refractivity contribution in [3.63, 3.8) is 0 Å². The van der Waals surface area contributed by atoms with E-state index >= 15 is 0 Å². The Morgan fingerprint density at radius 1 is 1.33 bits per heavy atom. The number of rotatable bonds is 2. The average molecular weight is 203 g/mol. The van der Waals surface area contributed by atoms with E-state index in [4.69, 9.17) is 11.5 Å². The van der Waals surface area contributed by atoms with Crippen LogP contribution >= 0.6 is 0 Å². The van der Waals surface area contributed by atoms with Crippen molar-refractivity contribution in [3.8, 4) is 5.82 Å². The third-order valence-electron chi connectivity index (χ3n) is 2.31. The van der Waals surface area contributed by atoms with Crippen molar-refractivity contribution in [2.75, 3.05) is 5.73 Å².